The molecular weight excluding hydrogens is 319 g/mol. The van der Waals surface area contributed by atoms with E-state index < -0.39 is 5.82 Å². The summed E-state index contributed by atoms with van der Waals surface area (Å²) in [6.07, 6.45) is 2.39. The molecule has 1 atom stereocenters. The molecule has 0 bridgehead atoms. The van der Waals surface area contributed by atoms with Gasteiger partial charge in [-0.15, -0.1) is 0 Å². The van der Waals surface area contributed by atoms with Crippen molar-refractivity contribution in [2.45, 2.75) is 12.5 Å². The predicted molar refractivity (Wildman–Crippen MR) is 93.1 cm³/mol. The lowest BCUT2D eigenvalue weighted by Crippen LogP contribution is -2.31. The Hall–Kier alpha value is -2.95. The topological polar surface area (TPSA) is 42.4 Å². The van der Waals surface area contributed by atoms with Crippen molar-refractivity contribution in [3.8, 4) is 5.75 Å². The van der Waals surface area contributed by atoms with Crippen molar-refractivity contribution in [3.63, 3.8) is 0 Å². The van der Waals surface area contributed by atoms with E-state index in [0.29, 0.717) is 18.7 Å². The van der Waals surface area contributed by atoms with Crippen LogP contribution in [0.4, 0.5) is 4.39 Å². The van der Waals surface area contributed by atoms with Crippen LogP contribution in [0.3, 0.4) is 0 Å². The summed E-state index contributed by atoms with van der Waals surface area (Å²) in [4.78, 5) is 18.6. The van der Waals surface area contributed by atoms with Gasteiger partial charge in [-0.1, -0.05) is 24.3 Å². The maximum absolute atomic E-state index is 13.3. The lowest BCUT2D eigenvalue weighted by Gasteiger charge is -2.18. The van der Waals surface area contributed by atoms with Gasteiger partial charge in [0.25, 0.3) is 5.91 Å². The normalized spacial score (nSPS) is 17.0. The lowest BCUT2D eigenvalue weighted by atomic mass is 10.2. The summed E-state index contributed by atoms with van der Waals surface area (Å²) in [5, 5.41) is 1.02. The number of carbonyl (C=O) groups excluding carboxylic acids is 1. The average molecular weight is 336 g/mol. The Kier molecular flexibility index (Phi) is 4.06. The zero-order valence-corrected chi connectivity index (χ0v) is 13.6. The van der Waals surface area contributed by atoms with Crippen molar-refractivity contribution in [2.75, 3.05) is 13.1 Å². The molecule has 3 aromatic rings. The second kappa shape index (κ2) is 6.51. The summed E-state index contributed by atoms with van der Waals surface area (Å²) in [7, 11) is 0. The van der Waals surface area contributed by atoms with Gasteiger partial charge in [0, 0.05) is 30.1 Å². The van der Waals surface area contributed by atoms with E-state index in [9.17, 15) is 9.18 Å². The lowest BCUT2D eigenvalue weighted by molar-refractivity contribution is 0.0772. The highest BCUT2D eigenvalue weighted by Crippen LogP contribution is 2.26. The standard InChI is InChI=1S/C20H17FN2O2/c21-16-7-1-5-15(12-16)20(24)23-11-9-17(13-23)25-18-8-2-4-14-6-3-10-22-19(14)18/h1-8,10,12,17H,9,11,13H2. The maximum atomic E-state index is 13.3. The molecule has 2 aromatic carbocycles. The van der Waals surface area contributed by atoms with Crippen molar-refractivity contribution in [1.82, 2.24) is 9.88 Å². The Morgan fingerprint density at radius 1 is 1.16 bits per heavy atom. The average Bonchev–Trinajstić information content (AvgIpc) is 3.10. The van der Waals surface area contributed by atoms with Crippen LogP contribution in [-0.4, -0.2) is 35.0 Å². The second-order valence-corrected chi connectivity index (χ2v) is 6.12. The van der Waals surface area contributed by atoms with E-state index in [1.54, 1.807) is 23.2 Å². The van der Waals surface area contributed by atoms with Crippen LogP contribution in [0.2, 0.25) is 0 Å². The third-order valence-electron chi connectivity index (χ3n) is 4.39. The van der Waals surface area contributed by atoms with Gasteiger partial charge < -0.3 is 9.64 Å². The molecule has 1 aliphatic heterocycles. The van der Waals surface area contributed by atoms with Gasteiger partial charge in [-0.3, -0.25) is 9.78 Å². The highest BCUT2D eigenvalue weighted by atomic mass is 19.1. The summed E-state index contributed by atoms with van der Waals surface area (Å²) in [5.74, 6) is 0.157. The van der Waals surface area contributed by atoms with Gasteiger partial charge in [0.1, 0.15) is 23.2 Å². The molecule has 1 fully saturated rings. The number of fused-ring (bicyclic) bond motifs is 1. The molecule has 0 spiro atoms. The van der Waals surface area contributed by atoms with Gasteiger partial charge >= 0.3 is 0 Å². The molecule has 1 amide bonds. The van der Waals surface area contributed by atoms with Crippen LogP contribution in [0.5, 0.6) is 5.75 Å². The Morgan fingerprint density at radius 3 is 2.88 bits per heavy atom. The third-order valence-corrected chi connectivity index (χ3v) is 4.39. The first kappa shape index (κ1) is 15.6. The highest BCUT2D eigenvalue weighted by molar-refractivity contribution is 5.94. The molecule has 126 valence electrons. The number of pyridine rings is 1. The number of amides is 1. The molecule has 0 radical (unpaired) electrons. The third kappa shape index (κ3) is 3.18. The van der Waals surface area contributed by atoms with E-state index in [1.807, 2.05) is 30.3 Å². The van der Waals surface area contributed by atoms with E-state index in [-0.39, 0.29) is 12.0 Å². The van der Waals surface area contributed by atoms with Crippen molar-refractivity contribution in [1.29, 1.82) is 0 Å². The molecule has 0 aliphatic carbocycles. The Bertz CT molecular complexity index is 923. The number of benzene rings is 2. The molecule has 1 unspecified atom stereocenters. The molecule has 2 heterocycles. The number of hydrogen-bond donors (Lipinski definition) is 0. The number of rotatable bonds is 3. The minimum absolute atomic E-state index is 0.0925. The summed E-state index contributed by atoms with van der Waals surface area (Å²) in [6, 6.07) is 15.5. The molecular formula is C20H17FN2O2. The van der Waals surface area contributed by atoms with E-state index in [4.69, 9.17) is 4.74 Å². The summed E-state index contributed by atoms with van der Waals surface area (Å²) < 4.78 is 19.4. The fourth-order valence-electron chi connectivity index (χ4n) is 3.16. The minimum Gasteiger partial charge on any atom is -0.486 e. The highest BCUT2D eigenvalue weighted by Gasteiger charge is 2.28. The van der Waals surface area contributed by atoms with Crippen molar-refractivity contribution >= 4 is 16.8 Å². The molecule has 5 heteroatoms. The van der Waals surface area contributed by atoms with Crippen LogP contribution >= 0.6 is 0 Å². The molecule has 1 aromatic heterocycles. The summed E-state index contributed by atoms with van der Waals surface area (Å²) in [6.45, 7) is 1.08. The van der Waals surface area contributed by atoms with E-state index >= 15 is 0 Å². The van der Waals surface area contributed by atoms with Gasteiger partial charge in [-0.05, 0) is 30.3 Å². The quantitative estimate of drug-likeness (QED) is 0.733. The number of carbonyl (C=O) groups is 1. The van der Waals surface area contributed by atoms with Crippen molar-refractivity contribution < 1.29 is 13.9 Å². The Balaban J connectivity index is 1.48. The zero-order valence-electron chi connectivity index (χ0n) is 13.6. The molecule has 0 N–H and O–H groups in total. The zero-order chi connectivity index (χ0) is 17.2. The number of likely N-dealkylation sites (tertiary alicyclic amines) is 1. The van der Waals surface area contributed by atoms with Crippen LogP contribution in [0, 0.1) is 5.82 Å². The van der Waals surface area contributed by atoms with Crippen LogP contribution in [-0.2, 0) is 0 Å². The Morgan fingerprint density at radius 2 is 2.00 bits per heavy atom. The number of ether oxygens (including phenoxy) is 1. The first-order chi connectivity index (χ1) is 12.2. The van der Waals surface area contributed by atoms with Gasteiger partial charge in [0.15, 0.2) is 0 Å². The number of hydrogen-bond acceptors (Lipinski definition) is 3. The molecule has 0 saturated carbocycles. The monoisotopic (exact) mass is 336 g/mol. The van der Waals surface area contributed by atoms with Gasteiger partial charge in [-0.25, -0.2) is 4.39 Å². The SMILES string of the molecule is O=C(c1cccc(F)c1)N1CCC(Oc2cccc3cccnc23)C1. The smallest absolute Gasteiger partial charge is 0.254 e. The largest absolute Gasteiger partial charge is 0.486 e. The minimum atomic E-state index is -0.403. The number of halogens is 1. The Labute approximate surface area is 144 Å². The number of aromatic nitrogens is 1. The van der Waals surface area contributed by atoms with E-state index in [2.05, 4.69) is 4.98 Å². The summed E-state index contributed by atoms with van der Waals surface area (Å²) in [5.41, 5.74) is 1.19. The number of nitrogens with zero attached hydrogens (tertiary/aromatic N) is 2. The fourth-order valence-corrected chi connectivity index (χ4v) is 3.16. The molecule has 1 saturated heterocycles. The predicted octanol–water partition coefficient (Wildman–Crippen LogP) is 3.67. The molecule has 1 aliphatic rings. The second-order valence-electron chi connectivity index (χ2n) is 6.12. The van der Waals surface area contributed by atoms with Crippen molar-refractivity contribution in [2.24, 2.45) is 0 Å². The van der Waals surface area contributed by atoms with Gasteiger partial charge in [-0.2, -0.15) is 0 Å². The first-order valence-electron chi connectivity index (χ1n) is 8.26. The molecule has 4 nitrogen and oxygen atoms in total. The van der Waals surface area contributed by atoms with Crippen molar-refractivity contribution in [3.05, 3.63) is 72.2 Å². The van der Waals surface area contributed by atoms with E-state index in [1.165, 1.54) is 12.1 Å². The van der Waals surface area contributed by atoms with E-state index in [0.717, 1.165) is 23.1 Å². The van der Waals surface area contributed by atoms with Gasteiger partial charge in [0.2, 0.25) is 0 Å². The number of para-hydroxylation sites is 1. The van der Waals surface area contributed by atoms with Gasteiger partial charge in [0.05, 0.1) is 6.54 Å². The van der Waals surface area contributed by atoms with Crippen LogP contribution in [0.25, 0.3) is 10.9 Å². The van der Waals surface area contributed by atoms with Crippen LogP contribution in [0.1, 0.15) is 16.8 Å². The first-order valence-corrected chi connectivity index (χ1v) is 8.26. The van der Waals surface area contributed by atoms with Crippen LogP contribution < -0.4 is 4.74 Å². The maximum Gasteiger partial charge on any atom is 0.254 e. The fraction of sp³-hybridized carbons (Fsp3) is 0.200. The van der Waals surface area contributed by atoms with Crippen LogP contribution in [0.15, 0.2) is 60.8 Å². The summed E-state index contributed by atoms with van der Waals surface area (Å²) >= 11 is 0. The molecule has 25 heavy (non-hydrogen) atoms. The molecule has 4 rings (SSSR count).